The summed E-state index contributed by atoms with van der Waals surface area (Å²) >= 11 is 1.55. The van der Waals surface area contributed by atoms with E-state index in [4.69, 9.17) is 9.72 Å². The summed E-state index contributed by atoms with van der Waals surface area (Å²) < 4.78 is 33.7. The Morgan fingerprint density at radius 3 is 2.91 bits per heavy atom. The minimum absolute atomic E-state index is 0.0997. The van der Waals surface area contributed by atoms with Gasteiger partial charge in [0, 0.05) is 48.8 Å². The zero-order valence-corrected chi connectivity index (χ0v) is 21.0. The predicted molar refractivity (Wildman–Crippen MR) is 133 cm³/mol. The van der Waals surface area contributed by atoms with Gasteiger partial charge in [-0.1, -0.05) is 29.5 Å². The van der Waals surface area contributed by atoms with Crippen molar-refractivity contribution < 1.29 is 13.5 Å². The van der Waals surface area contributed by atoms with E-state index in [1.807, 2.05) is 12.3 Å². The van der Waals surface area contributed by atoms with Gasteiger partial charge in [-0.2, -0.15) is 0 Å². The molecule has 34 heavy (non-hydrogen) atoms. The number of halogens is 2. The number of hydrogen-bond acceptors (Lipinski definition) is 5. The van der Waals surface area contributed by atoms with E-state index in [0.29, 0.717) is 13.0 Å². The summed E-state index contributed by atoms with van der Waals surface area (Å²) in [6, 6.07) is 8.41. The van der Waals surface area contributed by atoms with Gasteiger partial charge in [-0.3, -0.25) is 14.2 Å². The minimum atomic E-state index is -1.32. The number of aromatic amines is 1. The fourth-order valence-corrected chi connectivity index (χ4v) is 6.42. The van der Waals surface area contributed by atoms with E-state index in [0.717, 1.165) is 53.8 Å². The van der Waals surface area contributed by atoms with E-state index in [1.54, 1.807) is 25.2 Å². The smallest absolute Gasteiger partial charge is 0.194 e. The van der Waals surface area contributed by atoms with Crippen LogP contribution in [0.3, 0.4) is 0 Å². The van der Waals surface area contributed by atoms with Crippen molar-refractivity contribution >= 4 is 22.2 Å². The molecule has 2 aliphatic heterocycles. The maximum Gasteiger partial charge on any atom is 0.194 e. The summed E-state index contributed by atoms with van der Waals surface area (Å²) in [7, 11) is 0. The maximum atomic E-state index is 14.9. The first-order chi connectivity index (χ1) is 16.3. The molecule has 0 unspecified atom stereocenters. The molecule has 4 heterocycles. The van der Waals surface area contributed by atoms with E-state index >= 15 is 0 Å². The molecule has 1 N–H and O–H groups in total. The van der Waals surface area contributed by atoms with Crippen LogP contribution in [0.15, 0.2) is 30.5 Å². The summed E-state index contributed by atoms with van der Waals surface area (Å²) in [4.78, 5) is 12.9. The van der Waals surface area contributed by atoms with Crippen LogP contribution in [-0.4, -0.2) is 70.4 Å². The highest BCUT2D eigenvalue weighted by atomic mass is 32.1. The molecule has 1 saturated heterocycles. The van der Waals surface area contributed by atoms with E-state index in [-0.39, 0.29) is 24.9 Å². The number of aromatic nitrogens is 2. The zero-order chi connectivity index (χ0) is 23.9. The van der Waals surface area contributed by atoms with Crippen molar-refractivity contribution in [1.29, 1.82) is 0 Å². The van der Waals surface area contributed by atoms with Crippen molar-refractivity contribution in [2.45, 2.75) is 63.9 Å². The molecule has 0 amide bonds. The van der Waals surface area contributed by atoms with Gasteiger partial charge in [-0.05, 0) is 51.7 Å². The summed E-state index contributed by atoms with van der Waals surface area (Å²) in [6.07, 6.45) is 4.30. The molecule has 2 aliphatic rings. The average Bonchev–Trinajstić information content (AvgIpc) is 3.51. The van der Waals surface area contributed by atoms with Gasteiger partial charge in [0.1, 0.15) is 22.8 Å². The van der Waals surface area contributed by atoms with Gasteiger partial charge in [0.15, 0.2) is 5.06 Å². The lowest BCUT2D eigenvalue weighted by Gasteiger charge is -2.41. The standard InChI is InChI=1S/C26H34F2N4OS/c1-17-13-20-19-7-4-5-8-21(19)30-23(20)24(32(17)16-26(2,3)28)25-29-14-22(34-25)33-18-9-12-31(15-18)11-6-10-27/h4-5,7-8,14,17-18,24,30H,6,9-13,15-16H2,1-3H3/t17-,18-,24+/m1/s1. The number of likely N-dealkylation sites (tertiary alicyclic amines) is 1. The van der Waals surface area contributed by atoms with E-state index in [2.05, 4.69) is 39.9 Å². The molecule has 5 rings (SSSR count). The minimum Gasteiger partial charge on any atom is -0.478 e. The van der Waals surface area contributed by atoms with Crippen LogP contribution < -0.4 is 4.74 Å². The van der Waals surface area contributed by atoms with Crippen LogP contribution in [0.25, 0.3) is 10.9 Å². The molecular formula is C26H34F2N4OS. The summed E-state index contributed by atoms with van der Waals surface area (Å²) in [5.41, 5.74) is 2.21. The van der Waals surface area contributed by atoms with Gasteiger partial charge in [0.25, 0.3) is 0 Å². The van der Waals surface area contributed by atoms with Gasteiger partial charge in [0.2, 0.25) is 0 Å². The van der Waals surface area contributed by atoms with Crippen LogP contribution in [0.2, 0.25) is 0 Å². The molecule has 0 saturated carbocycles. The summed E-state index contributed by atoms with van der Waals surface area (Å²) in [6.45, 7) is 8.06. The number of H-pyrrole nitrogens is 1. The Kier molecular flexibility index (Phi) is 6.66. The van der Waals surface area contributed by atoms with Crippen molar-refractivity contribution in [2.24, 2.45) is 0 Å². The summed E-state index contributed by atoms with van der Waals surface area (Å²) in [5, 5.41) is 2.95. The highest BCUT2D eigenvalue weighted by Crippen LogP contribution is 2.43. The average molecular weight is 489 g/mol. The normalized spacial score (nSPS) is 24.1. The molecule has 5 nitrogen and oxygen atoms in total. The number of para-hydroxylation sites is 1. The molecule has 8 heteroatoms. The monoisotopic (exact) mass is 488 g/mol. The number of fused-ring (bicyclic) bond motifs is 3. The molecule has 0 bridgehead atoms. The molecule has 2 aromatic heterocycles. The second-order valence-electron chi connectivity index (χ2n) is 10.3. The largest absolute Gasteiger partial charge is 0.478 e. The quantitative estimate of drug-likeness (QED) is 0.453. The van der Waals surface area contributed by atoms with Crippen molar-refractivity contribution in [3.05, 3.63) is 46.7 Å². The number of ether oxygens (including phenoxy) is 1. The molecule has 1 fully saturated rings. The Hall–Kier alpha value is -2.03. The molecule has 0 radical (unpaired) electrons. The highest BCUT2D eigenvalue weighted by Gasteiger charge is 2.40. The van der Waals surface area contributed by atoms with Crippen LogP contribution in [0.1, 0.15) is 55.9 Å². The van der Waals surface area contributed by atoms with Crippen LogP contribution in [0, 0.1) is 0 Å². The van der Waals surface area contributed by atoms with Crippen molar-refractivity contribution in [3.8, 4) is 5.06 Å². The Morgan fingerprint density at radius 1 is 1.29 bits per heavy atom. The molecule has 184 valence electrons. The Morgan fingerprint density at radius 2 is 2.12 bits per heavy atom. The topological polar surface area (TPSA) is 44.4 Å². The fourth-order valence-electron chi connectivity index (χ4n) is 5.45. The van der Waals surface area contributed by atoms with Crippen molar-refractivity contribution in [3.63, 3.8) is 0 Å². The third kappa shape index (κ3) is 4.86. The van der Waals surface area contributed by atoms with Gasteiger partial charge < -0.3 is 9.72 Å². The number of thiazole rings is 1. The highest BCUT2D eigenvalue weighted by molar-refractivity contribution is 7.13. The van der Waals surface area contributed by atoms with Gasteiger partial charge >= 0.3 is 0 Å². The molecule has 0 spiro atoms. The molecule has 3 atom stereocenters. The Balaban J connectivity index is 1.43. The number of hydrogen-bond donors (Lipinski definition) is 1. The second-order valence-corrected chi connectivity index (χ2v) is 11.3. The second kappa shape index (κ2) is 9.55. The van der Waals surface area contributed by atoms with Gasteiger partial charge in [-0.25, -0.2) is 9.37 Å². The van der Waals surface area contributed by atoms with Gasteiger partial charge in [-0.15, -0.1) is 0 Å². The molecule has 1 aromatic carbocycles. The van der Waals surface area contributed by atoms with Gasteiger partial charge in [0.05, 0.1) is 12.9 Å². The lowest BCUT2D eigenvalue weighted by atomic mass is 9.91. The molecule has 0 aliphatic carbocycles. The van der Waals surface area contributed by atoms with E-state index in [9.17, 15) is 8.78 Å². The predicted octanol–water partition coefficient (Wildman–Crippen LogP) is 5.52. The fraction of sp³-hybridized carbons (Fsp3) is 0.577. The number of rotatable bonds is 8. The maximum absolute atomic E-state index is 14.9. The SMILES string of the molecule is C[C@@H]1Cc2c([nH]c3ccccc23)[C@@H](c2ncc(O[C@@H]3CCN(CCCF)C3)s2)N1CC(C)(C)F. The number of nitrogens with one attached hydrogen (secondary N) is 1. The molecule has 3 aromatic rings. The first-order valence-electron chi connectivity index (χ1n) is 12.3. The Labute approximate surface area is 204 Å². The lowest BCUT2D eigenvalue weighted by molar-refractivity contribution is 0.0667. The molecular weight excluding hydrogens is 454 g/mol. The third-order valence-electron chi connectivity index (χ3n) is 6.93. The zero-order valence-electron chi connectivity index (χ0n) is 20.2. The van der Waals surface area contributed by atoms with E-state index in [1.165, 1.54) is 10.9 Å². The van der Waals surface area contributed by atoms with Crippen LogP contribution in [-0.2, 0) is 6.42 Å². The third-order valence-corrected chi connectivity index (χ3v) is 7.87. The number of nitrogens with zero attached hydrogens (tertiary/aromatic N) is 3. The van der Waals surface area contributed by atoms with Crippen molar-refractivity contribution in [2.75, 3.05) is 32.9 Å². The summed E-state index contributed by atoms with van der Waals surface area (Å²) in [5.74, 6) is 0. The first kappa shape index (κ1) is 23.7. The lowest BCUT2D eigenvalue weighted by Crippen LogP contribution is -2.47. The number of benzene rings is 1. The van der Waals surface area contributed by atoms with E-state index < -0.39 is 5.67 Å². The van der Waals surface area contributed by atoms with Crippen LogP contribution in [0.4, 0.5) is 8.78 Å². The van der Waals surface area contributed by atoms with Crippen molar-refractivity contribution in [1.82, 2.24) is 19.8 Å². The first-order valence-corrected chi connectivity index (χ1v) is 13.1. The van der Waals surface area contributed by atoms with Crippen LogP contribution in [0.5, 0.6) is 5.06 Å². The Bertz CT molecular complexity index is 1120. The number of alkyl halides is 2. The van der Waals surface area contributed by atoms with Crippen LogP contribution >= 0.6 is 11.3 Å².